The smallest absolute Gasteiger partial charge is 0.119 e. The van der Waals surface area contributed by atoms with E-state index in [0.29, 0.717) is 6.67 Å². The molecule has 5 heteroatoms. The third-order valence-electron chi connectivity index (χ3n) is 4.20. The fourth-order valence-electron chi connectivity index (χ4n) is 2.92. The van der Waals surface area contributed by atoms with E-state index in [9.17, 15) is 0 Å². The minimum atomic E-state index is -0.242. The number of anilines is 1. The number of aromatic nitrogens is 1. The van der Waals surface area contributed by atoms with Crippen molar-refractivity contribution in [2.75, 3.05) is 25.7 Å². The van der Waals surface area contributed by atoms with Gasteiger partial charge in [-0.05, 0) is 31.5 Å². The van der Waals surface area contributed by atoms with Crippen molar-refractivity contribution in [1.82, 2.24) is 4.57 Å². The van der Waals surface area contributed by atoms with Gasteiger partial charge in [-0.1, -0.05) is 23.7 Å². The largest absolute Gasteiger partial charge is 0.377 e. The molecule has 0 fully saturated rings. The van der Waals surface area contributed by atoms with Gasteiger partial charge in [-0.3, -0.25) is 4.99 Å². The molecule has 2 heterocycles. The van der Waals surface area contributed by atoms with E-state index in [0.717, 1.165) is 28.3 Å². The number of aliphatic imine (C=N–C) groups is 1. The molecule has 0 unspecified atom stereocenters. The number of ether oxygens (including phenoxy) is 1. The molecule has 1 aromatic carbocycles. The van der Waals surface area contributed by atoms with Crippen LogP contribution in [0, 0.1) is 0 Å². The van der Waals surface area contributed by atoms with Crippen molar-refractivity contribution in [3.05, 3.63) is 41.0 Å². The molecule has 4 nitrogen and oxygen atoms in total. The highest BCUT2D eigenvalue weighted by atomic mass is 35.5. The standard InChI is InChI=1S/C18H22ClN3O/c1-18(2,23-4)11-22-10-16(13-6-5-7-14(19)8-13)15-9-20-12-21(3)17(15)22/h5-10H,11-12H2,1-4H3. The monoisotopic (exact) mass is 331 g/mol. The van der Waals surface area contributed by atoms with Crippen LogP contribution in [0.25, 0.3) is 11.1 Å². The first-order valence-electron chi connectivity index (χ1n) is 7.66. The van der Waals surface area contributed by atoms with E-state index in [-0.39, 0.29) is 5.60 Å². The number of methoxy groups -OCH3 is 1. The van der Waals surface area contributed by atoms with Crippen LogP contribution in [0.4, 0.5) is 5.82 Å². The van der Waals surface area contributed by atoms with Gasteiger partial charge in [0.2, 0.25) is 0 Å². The molecule has 0 amide bonds. The molecule has 122 valence electrons. The average molecular weight is 332 g/mol. The second kappa shape index (κ2) is 6.02. The van der Waals surface area contributed by atoms with Gasteiger partial charge in [-0.25, -0.2) is 0 Å². The first-order valence-corrected chi connectivity index (χ1v) is 8.04. The molecular weight excluding hydrogens is 310 g/mol. The van der Waals surface area contributed by atoms with Crippen LogP contribution in [0.15, 0.2) is 35.5 Å². The fourth-order valence-corrected chi connectivity index (χ4v) is 3.11. The molecule has 0 saturated heterocycles. The third-order valence-corrected chi connectivity index (χ3v) is 4.44. The Morgan fingerprint density at radius 2 is 2.13 bits per heavy atom. The van der Waals surface area contributed by atoms with Crippen molar-refractivity contribution < 1.29 is 4.74 Å². The molecule has 2 aromatic rings. The second-order valence-electron chi connectivity index (χ2n) is 6.53. The number of hydrogen-bond donors (Lipinski definition) is 0. The van der Waals surface area contributed by atoms with Gasteiger partial charge in [0.1, 0.15) is 12.5 Å². The maximum atomic E-state index is 6.17. The molecule has 23 heavy (non-hydrogen) atoms. The predicted octanol–water partition coefficient (Wildman–Crippen LogP) is 4.06. The molecule has 1 aromatic heterocycles. The van der Waals surface area contributed by atoms with Gasteiger partial charge in [-0.15, -0.1) is 0 Å². The molecule has 0 aliphatic carbocycles. The summed E-state index contributed by atoms with van der Waals surface area (Å²) < 4.78 is 7.86. The van der Waals surface area contributed by atoms with E-state index < -0.39 is 0 Å². The molecule has 0 saturated carbocycles. The number of fused-ring (bicyclic) bond motifs is 1. The Morgan fingerprint density at radius 3 is 2.83 bits per heavy atom. The quantitative estimate of drug-likeness (QED) is 0.845. The molecule has 0 radical (unpaired) electrons. The molecule has 1 aliphatic heterocycles. The zero-order chi connectivity index (χ0) is 16.6. The van der Waals surface area contributed by atoms with Crippen LogP contribution in [-0.2, 0) is 11.3 Å². The minimum Gasteiger partial charge on any atom is -0.377 e. The SMILES string of the molecule is COC(C)(C)Cn1cc(-c2cccc(Cl)c2)c2c1N(C)CN=C2. The Kier molecular flexibility index (Phi) is 4.21. The van der Waals surface area contributed by atoms with Crippen LogP contribution < -0.4 is 4.90 Å². The summed E-state index contributed by atoms with van der Waals surface area (Å²) in [6.45, 7) is 5.62. The highest BCUT2D eigenvalue weighted by Crippen LogP contribution is 2.35. The Hall–Kier alpha value is -1.78. The van der Waals surface area contributed by atoms with Gasteiger partial charge < -0.3 is 14.2 Å². The fraction of sp³-hybridized carbons (Fsp3) is 0.389. The van der Waals surface area contributed by atoms with E-state index in [2.05, 4.69) is 47.6 Å². The van der Waals surface area contributed by atoms with Crippen LogP contribution in [0.3, 0.4) is 0 Å². The van der Waals surface area contributed by atoms with E-state index in [1.165, 1.54) is 5.82 Å². The lowest BCUT2D eigenvalue weighted by Gasteiger charge is -2.28. The second-order valence-corrected chi connectivity index (χ2v) is 6.97. The van der Waals surface area contributed by atoms with Crippen molar-refractivity contribution >= 4 is 23.6 Å². The van der Waals surface area contributed by atoms with Gasteiger partial charge >= 0.3 is 0 Å². The number of hydrogen-bond acceptors (Lipinski definition) is 3. The summed E-state index contributed by atoms with van der Waals surface area (Å²) in [5.74, 6) is 1.17. The maximum absolute atomic E-state index is 6.17. The number of nitrogens with zero attached hydrogens (tertiary/aromatic N) is 3. The Morgan fingerprint density at radius 1 is 1.35 bits per heavy atom. The zero-order valence-electron chi connectivity index (χ0n) is 14.0. The van der Waals surface area contributed by atoms with Gasteiger partial charge in [0.15, 0.2) is 0 Å². The molecule has 1 aliphatic rings. The zero-order valence-corrected chi connectivity index (χ0v) is 14.8. The number of rotatable bonds is 4. The topological polar surface area (TPSA) is 29.8 Å². The van der Waals surface area contributed by atoms with Crippen LogP contribution in [0.2, 0.25) is 5.02 Å². The highest BCUT2D eigenvalue weighted by Gasteiger charge is 2.25. The summed E-state index contributed by atoms with van der Waals surface area (Å²) in [5.41, 5.74) is 3.13. The van der Waals surface area contributed by atoms with E-state index >= 15 is 0 Å². The van der Waals surface area contributed by atoms with Gasteiger partial charge in [0.25, 0.3) is 0 Å². The maximum Gasteiger partial charge on any atom is 0.119 e. The summed E-state index contributed by atoms with van der Waals surface area (Å²) in [4.78, 5) is 6.62. The Balaban J connectivity index is 2.14. The van der Waals surface area contributed by atoms with Crippen LogP contribution in [-0.4, -0.2) is 37.2 Å². The molecular formula is C18H22ClN3O. The van der Waals surface area contributed by atoms with Crippen molar-refractivity contribution in [1.29, 1.82) is 0 Å². The van der Waals surface area contributed by atoms with Crippen molar-refractivity contribution in [3.8, 4) is 11.1 Å². The Bertz CT molecular complexity index is 749. The first-order chi connectivity index (χ1) is 10.9. The normalized spacial score (nSPS) is 14.2. The molecule has 0 atom stereocenters. The summed E-state index contributed by atoms with van der Waals surface area (Å²) in [5, 5.41) is 0.738. The van der Waals surface area contributed by atoms with Crippen LogP contribution in [0.1, 0.15) is 19.4 Å². The molecule has 3 rings (SSSR count). The lowest BCUT2D eigenvalue weighted by Crippen LogP contribution is -2.32. The average Bonchev–Trinajstić information content (AvgIpc) is 2.87. The van der Waals surface area contributed by atoms with Crippen LogP contribution in [0.5, 0.6) is 0 Å². The van der Waals surface area contributed by atoms with E-state index in [1.54, 1.807) is 7.11 Å². The van der Waals surface area contributed by atoms with Crippen LogP contribution >= 0.6 is 11.6 Å². The summed E-state index contributed by atoms with van der Waals surface area (Å²) >= 11 is 6.17. The number of benzene rings is 1. The van der Waals surface area contributed by atoms with Crippen molar-refractivity contribution in [2.45, 2.75) is 26.0 Å². The molecule has 0 N–H and O–H groups in total. The Labute approximate surface area is 142 Å². The van der Waals surface area contributed by atoms with Crippen molar-refractivity contribution in [3.63, 3.8) is 0 Å². The molecule has 0 spiro atoms. The van der Waals surface area contributed by atoms with Gasteiger partial charge in [-0.2, -0.15) is 0 Å². The van der Waals surface area contributed by atoms with E-state index in [1.807, 2.05) is 24.4 Å². The summed E-state index contributed by atoms with van der Waals surface area (Å²) in [7, 11) is 3.81. The molecule has 0 bridgehead atoms. The van der Waals surface area contributed by atoms with E-state index in [4.69, 9.17) is 16.3 Å². The third kappa shape index (κ3) is 3.14. The van der Waals surface area contributed by atoms with Crippen molar-refractivity contribution in [2.24, 2.45) is 4.99 Å². The lowest BCUT2D eigenvalue weighted by atomic mass is 10.0. The van der Waals surface area contributed by atoms with Gasteiger partial charge in [0, 0.05) is 42.7 Å². The minimum absolute atomic E-state index is 0.242. The lowest BCUT2D eigenvalue weighted by molar-refractivity contribution is 0.00854. The predicted molar refractivity (Wildman–Crippen MR) is 96.8 cm³/mol. The highest BCUT2D eigenvalue weighted by molar-refractivity contribution is 6.30. The van der Waals surface area contributed by atoms with Gasteiger partial charge in [0.05, 0.1) is 12.1 Å². The summed E-state index contributed by atoms with van der Waals surface area (Å²) in [6, 6.07) is 7.94. The first kappa shape index (κ1) is 16.1. The number of halogens is 1. The summed E-state index contributed by atoms with van der Waals surface area (Å²) in [6.07, 6.45) is 4.13.